The predicted molar refractivity (Wildman–Crippen MR) is 128 cm³/mol. The number of benzene rings is 1. The number of methoxy groups -OCH3 is 1. The Morgan fingerprint density at radius 1 is 1.12 bits per heavy atom. The molecule has 6 nitrogen and oxygen atoms in total. The highest BCUT2D eigenvalue weighted by molar-refractivity contribution is 5.96. The third-order valence-electron chi connectivity index (χ3n) is 6.84. The summed E-state index contributed by atoms with van der Waals surface area (Å²) in [4.78, 5) is 16.8. The monoisotopic (exact) mass is 443 g/mol. The number of hydrogen-bond donors (Lipinski definition) is 0. The molecular formula is C27H29N3O3. The standard InChI is InChI=1S/C27H29N3O3/c1-17-25(18(2)33-29-17)22-13-24-26(28-14-22)23(16-30(24)15-19-7-5-4-6-8-19)20-9-11-21(12-10-20)27(31)32-3/h9-14,16,19H,4-8,15H2,1-3H3. The summed E-state index contributed by atoms with van der Waals surface area (Å²) in [5.41, 5.74) is 7.64. The van der Waals surface area contributed by atoms with Gasteiger partial charge in [-0.2, -0.15) is 0 Å². The Labute approximate surface area is 193 Å². The van der Waals surface area contributed by atoms with Crippen molar-refractivity contribution in [3.8, 4) is 22.3 Å². The number of aryl methyl sites for hydroxylation is 2. The molecule has 3 heterocycles. The molecule has 0 atom stereocenters. The Balaban J connectivity index is 1.61. The Kier molecular flexibility index (Phi) is 5.75. The van der Waals surface area contributed by atoms with E-state index in [0.717, 1.165) is 51.3 Å². The molecule has 0 bridgehead atoms. The van der Waals surface area contributed by atoms with E-state index in [0.29, 0.717) is 11.5 Å². The zero-order chi connectivity index (χ0) is 22.9. The van der Waals surface area contributed by atoms with Crippen molar-refractivity contribution in [2.24, 2.45) is 5.92 Å². The molecule has 3 aromatic heterocycles. The summed E-state index contributed by atoms with van der Waals surface area (Å²) in [7, 11) is 1.40. The summed E-state index contributed by atoms with van der Waals surface area (Å²) < 4.78 is 12.6. The van der Waals surface area contributed by atoms with Crippen molar-refractivity contribution in [2.45, 2.75) is 52.5 Å². The van der Waals surface area contributed by atoms with Gasteiger partial charge < -0.3 is 13.8 Å². The number of carbonyl (C=O) groups excluding carboxylic acids is 1. The van der Waals surface area contributed by atoms with E-state index in [1.807, 2.05) is 44.3 Å². The van der Waals surface area contributed by atoms with Crippen LogP contribution in [0.2, 0.25) is 0 Å². The van der Waals surface area contributed by atoms with Gasteiger partial charge in [0.1, 0.15) is 5.76 Å². The molecule has 1 aromatic carbocycles. The van der Waals surface area contributed by atoms with Gasteiger partial charge in [-0.3, -0.25) is 4.98 Å². The van der Waals surface area contributed by atoms with Crippen molar-refractivity contribution < 1.29 is 14.1 Å². The number of esters is 1. The number of nitrogens with zero attached hydrogens (tertiary/aromatic N) is 3. The largest absolute Gasteiger partial charge is 0.465 e. The molecule has 0 saturated heterocycles. The summed E-state index contributed by atoms with van der Waals surface area (Å²) in [5.74, 6) is 1.16. The molecule has 4 aromatic rings. The van der Waals surface area contributed by atoms with Gasteiger partial charge >= 0.3 is 5.97 Å². The second-order valence-corrected chi connectivity index (χ2v) is 9.06. The van der Waals surface area contributed by atoms with Crippen molar-refractivity contribution in [2.75, 3.05) is 7.11 Å². The lowest BCUT2D eigenvalue weighted by Crippen LogP contribution is -2.13. The maximum absolute atomic E-state index is 11.9. The maximum atomic E-state index is 11.9. The number of ether oxygens (including phenoxy) is 1. The van der Waals surface area contributed by atoms with Gasteiger partial charge in [-0.25, -0.2) is 4.79 Å². The minimum absolute atomic E-state index is 0.330. The first-order valence-corrected chi connectivity index (χ1v) is 11.7. The number of fused-ring (bicyclic) bond motifs is 1. The van der Waals surface area contributed by atoms with E-state index in [-0.39, 0.29) is 5.97 Å². The zero-order valence-electron chi connectivity index (χ0n) is 19.4. The Bertz CT molecular complexity index is 1270. The molecule has 0 spiro atoms. The van der Waals surface area contributed by atoms with Crippen molar-refractivity contribution in [1.82, 2.24) is 14.7 Å². The topological polar surface area (TPSA) is 70.2 Å². The summed E-state index contributed by atoms with van der Waals surface area (Å²) in [6, 6.07) is 9.77. The van der Waals surface area contributed by atoms with Crippen molar-refractivity contribution in [3.05, 3.63) is 59.7 Å². The summed E-state index contributed by atoms with van der Waals surface area (Å²) in [6.45, 7) is 4.89. The Hall–Kier alpha value is -3.41. The van der Waals surface area contributed by atoms with E-state index in [1.165, 1.54) is 39.2 Å². The van der Waals surface area contributed by atoms with Crippen LogP contribution in [0.1, 0.15) is 53.9 Å². The number of carbonyl (C=O) groups is 1. The smallest absolute Gasteiger partial charge is 0.337 e. The van der Waals surface area contributed by atoms with Crippen LogP contribution < -0.4 is 0 Å². The number of aromatic nitrogens is 3. The van der Waals surface area contributed by atoms with Gasteiger partial charge in [0.05, 0.1) is 29.4 Å². The highest BCUT2D eigenvalue weighted by Crippen LogP contribution is 2.35. The van der Waals surface area contributed by atoms with E-state index in [9.17, 15) is 4.79 Å². The Morgan fingerprint density at radius 3 is 2.55 bits per heavy atom. The van der Waals surface area contributed by atoms with Crippen LogP contribution >= 0.6 is 0 Å². The normalized spacial score (nSPS) is 14.6. The van der Waals surface area contributed by atoms with Crippen molar-refractivity contribution in [3.63, 3.8) is 0 Å². The highest BCUT2D eigenvalue weighted by Gasteiger charge is 2.20. The van der Waals surface area contributed by atoms with E-state index in [2.05, 4.69) is 22.0 Å². The molecule has 33 heavy (non-hydrogen) atoms. The third-order valence-corrected chi connectivity index (χ3v) is 6.84. The average molecular weight is 444 g/mol. The van der Waals surface area contributed by atoms with Gasteiger partial charge in [-0.15, -0.1) is 0 Å². The quantitative estimate of drug-likeness (QED) is 0.337. The first-order chi connectivity index (χ1) is 16.0. The average Bonchev–Trinajstić information content (AvgIpc) is 3.38. The third kappa shape index (κ3) is 4.06. The first-order valence-electron chi connectivity index (χ1n) is 11.7. The van der Waals surface area contributed by atoms with Crippen LogP contribution in [0.15, 0.2) is 47.2 Å². The van der Waals surface area contributed by atoms with Gasteiger partial charge in [0.25, 0.3) is 0 Å². The Morgan fingerprint density at radius 2 is 1.88 bits per heavy atom. The predicted octanol–water partition coefficient (Wildman–Crippen LogP) is 6.34. The second-order valence-electron chi connectivity index (χ2n) is 9.06. The minimum atomic E-state index is -0.330. The molecule has 0 radical (unpaired) electrons. The van der Waals surface area contributed by atoms with Crippen molar-refractivity contribution in [1.29, 1.82) is 0 Å². The van der Waals surface area contributed by atoms with Gasteiger partial charge in [0, 0.05) is 35.6 Å². The molecule has 1 aliphatic rings. The molecule has 170 valence electrons. The molecule has 1 aliphatic carbocycles. The number of pyridine rings is 1. The van der Waals surface area contributed by atoms with Crippen molar-refractivity contribution >= 4 is 17.0 Å². The minimum Gasteiger partial charge on any atom is -0.465 e. The second kappa shape index (κ2) is 8.85. The number of rotatable bonds is 5. The lowest BCUT2D eigenvalue weighted by Gasteiger charge is -2.22. The van der Waals surface area contributed by atoms with E-state index < -0.39 is 0 Å². The fourth-order valence-corrected chi connectivity index (χ4v) is 5.11. The van der Waals surface area contributed by atoms with Crippen LogP contribution in [0.5, 0.6) is 0 Å². The molecule has 6 heteroatoms. The summed E-state index contributed by atoms with van der Waals surface area (Å²) >= 11 is 0. The first kappa shape index (κ1) is 21.4. The summed E-state index contributed by atoms with van der Waals surface area (Å²) in [5, 5.41) is 4.12. The molecule has 1 saturated carbocycles. The van der Waals surface area contributed by atoms with Crippen LogP contribution in [0, 0.1) is 19.8 Å². The summed E-state index contributed by atoms with van der Waals surface area (Å²) in [6.07, 6.45) is 10.7. The van der Waals surface area contributed by atoms with Crippen LogP contribution in [0.3, 0.4) is 0 Å². The molecular weight excluding hydrogens is 414 g/mol. The van der Waals surface area contributed by atoms with Crippen LogP contribution in [-0.2, 0) is 11.3 Å². The van der Waals surface area contributed by atoms with E-state index in [1.54, 1.807) is 0 Å². The van der Waals surface area contributed by atoms with E-state index >= 15 is 0 Å². The number of hydrogen-bond acceptors (Lipinski definition) is 5. The molecule has 0 amide bonds. The van der Waals surface area contributed by atoms with Gasteiger partial charge in [-0.05, 0) is 56.4 Å². The SMILES string of the molecule is COC(=O)c1ccc(-c2cn(CC3CCCCC3)c3cc(-c4c(C)noc4C)cnc23)cc1. The molecule has 5 rings (SSSR count). The highest BCUT2D eigenvalue weighted by atomic mass is 16.5. The molecule has 0 N–H and O–H groups in total. The lowest BCUT2D eigenvalue weighted by molar-refractivity contribution is 0.0600. The fraction of sp³-hybridized carbons (Fsp3) is 0.370. The van der Waals surface area contributed by atoms with Gasteiger partial charge in [-0.1, -0.05) is 36.6 Å². The van der Waals surface area contributed by atoms with Crippen LogP contribution in [0.4, 0.5) is 0 Å². The maximum Gasteiger partial charge on any atom is 0.337 e. The van der Waals surface area contributed by atoms with Gasteiger partial charge in [0.2, 0.25) is 0 Å². The van der Waals surface area contributed by atoms with E-state index in [4.69, 9.17) is 14.2 Å². The molecule has 0 aliphatic heterocycles. The molecule has 1 fully saturated rings. The van der Waals surface area contributed by atoms with Crippen LogP contribution in [0.25, 0.3) is 33.3 Å². The van der Waals surface area contributed by atoms with Gasteiger partial charge in [0.15, 0.2) is 0 Å². The zero-order valence-corrected chi connectivity index (χ0v) is 19.4. The van der Waals surface area contributed by atoms with Crippen LogP contribution in [-0.4, -0.2) is 27.8 Å². The lowest BCUT2D eigenvalue weighted by atomic mass is 9.89. The molecule has 0 unspecified atom stereocenters. The fourth-order valence-electron chi connectivity index (χ4n) is 5.11.